The molecule has 0 heterocycles. The van der Waals surface area contributed by atoms with Crippen molar-refractivity contribution in [2.24, 2.45) is 5.73 Å². The number of phenolic OH excluding ortho intramolecular Hbond substituents is 3. The van der Waals surface area contributed by atoms with Gasteiger partial charge in [-0.2, -0.15) is 21.6 Å². The highest BCUT2D eigenvalue weighted by molar-refractivity contribution is 7.88. The van der Waals surface area contributed by atoms with E-state index in [-0.39, 0.29) is 58.0 Å². The number of carbonyl (C=O) groups excluding carboxylic acids is 4. The van der Waals surface area contributed by atoms with Crippen LogP contribution in [0.3, 0.4) is 0 Å². The van der Waals surface area contributed by atoms with Crippen molar-refractivity contribution in [3.63, 3.8) is 0 Å². The number of nitrogens with one attached hydrogen (secondary N) is 1. The summed E-state index contributed by atoms with van der Waals surface area (Å²) in [5.41, 5.74) is 10.3. The number of alkyl halides is 3. The van der Waals surface area contributed by atoms with Gasteiger partial charge >= 0.3 is 15.6 Å². The first-order chi connectivity index (χ1) is 37.9. The number of aldehydes is 3. The summed E-state index contributed by atoms with van der Waals surface area (Å²) in [5, 5.41) is 30.0. The third-order valence-electron chi connectivity index (χ3n) is 11.2. The quantitative estimate of drug-likeness (QED) is 0.0317. The van der Waals surface area contributed by atoms with Crippen molar-refractivity contribution in [2.75, 3.05) is 13.1 Å². The molecular weight excluding hydrogens is 1070 g/mol. The topological polar surface area (TPSA) is 210 Å². The molecule has 0 saturated heterocycles. The fraction of sp³-hybridized carbons (Fsp3) is 0.148. The number of phenols is 3. The molecule has 8 aromatic carbocycles. The SMILES string of the molecule is CC(=O)NCCc1ccc(O)cc1-c1cccc(F)c1.Cc1ccc(C=O)c(-c2cccc(F)c2)c1.Cc1ccc(C=O)c(OS(=O)(=O)C(F)(F)F)c1.Cc1ccc(CCN)c(-c2cccc(F)c2)c1.O=Cc1ccc(O)cc1O. The van der Waals surface area contributed by atoms with Crippen molar-refractivity contribution >= 4 is 34.9 Å². The van der Waals surface area contributed by atoms with Crippen molar-refractivity contribution in [1.82, 2.24) is 5.32 Å². The van der Waals surface area contributed by atoms with Crippen LogP contribution in [0.4, 0.5) is 26.3 Å². The van der Waals surface area contributed by atoms with E-state index < -0.39 is 21.4 Å². The van der Waals surface area contributed by atoms with E-state index in [0.29, 0.717) is 42.5 Å². The lowest BCUT2D eigenvalue weighted by Crippen LogP contribution is -2.28. The zero-order valence-corrected chi connectivity index (χ0v) is 44.4. The Morgan fingerprint density at radius 1 is 0.550 bits per heavy atom. The summed E-state index contributed by atoms with van der Waals surface area (Å²) >= 11 is 0. The van der Waals surface area contributed by atoms with Gasteiger partial charge in [0.1, 0.15) is 34.7 Å². The van der Waals surface area contributed by atoms with Crippen LogP contribution in [-0.2, 0) is 27.8 Å². The Hall–Kier alpha value is -9.07. The van der Waals surface area contributed by atoms with Gasteiger partial charge in [0.05, 0.1) is 11.1 Å². The predicted molar refractivity (Wildman–Crippen MR) is 295 cm³/mol. The Balaban J connectivity index is 0.000000218. The van der Waals surface area contributed by atoms with Crippen LogP contribution in [0.5, 0.6) is 23.0 Å². The van der Waals surface area contributed by atoms with Gasteiger partial charge < -0.3 is 30.6 Å². The first-order valence-electron chi connectivity index (χ1n) is 24.1. The van der Waals surface area contributed by atoms with E-state index in [1.54, 1.807) is 60.7 Å². The maximum atomic E-state index is 13.3. The van der Waals surface area contributed by atoms with Crippen LogP contribution >= 0.6 is 0 Å². The molecule has 0 fully saturated rings. The van der Waals surface area contributed by atoms with Gasteiger partial charge in [-0.15, -0.1) is 0 Å². The van der Waals surface area contributed by atoms with Crippen molar-refractivity contribution in [1.29, 1.82) is 0 Å². The summed E-state index contributed by atoms with van der Waals surface area (Å²) in [5.74, 6) is -1.67. The number of hydrogen-bond acceptors (Lipinski definition) is 11. The normalized spacial score (nSPS) is 10.6. The second kappa shape index (κ2) is 30.2. The lowest BCUT2D eigenvalue weighted by atomic mass is 9.96. The number of benzene rings is 8. The molecule has 0 atom stereocenters. The van der Waals surface area contributed by atoms with Crippen LogP contribution < -0.4 is 15.2 Å². The second-order valence-corrected chi connectivity index (χ2v) is 19.1. The van der Waals surface area contributed by atoms with Crippen LogP contribution in [0.25, 0.3) is 33.4 Å². The van der Waals surface area contributed by atoms with Gasteiger partial charge in [-0.1, -0.05) is 96.1 Å². The highest BCUT2D eigenvalue weighted by atomic mass is 32.2. The average molecular weight is 1120 g/mol. The second-order valence-electron chi connectivity index (χ2n) is 17.5. The third kappa shape index (κ3) is 19.7. The fourth-order valence-electron chi connectivity index (χ4n) is 7.36. The third-order valence-corrected chi connectivity index (χ3v) is 12.2. The number of halogens is 6. The zero-order chi connectivity index (χ0) is 59.2. The summed E-state index contributed by atoms with van der Waals surface area (Å²) < 4.78 is 101. The molecule has 6 N–H and O–H groups in total. The van der Waals surface area contributed by atoms with Gasteiger partial charge in [-0.05, 0) is 163 Å². The minimum atomic E-state index is -5.76. The molecule has 80 heavy (non-hydrogen) atoms. The molecular formula is C61H56F6N2O10S. The van der Waals surface area contributed by atoms with Crippen LogP contribution in [0.15, 0.2) is 164 Å². The van der Waals surface area contributed by atoms with Gasteiger partial charge in [0.2, 0.25) is 5.91 Å². The molecule has 0 saturated carbocycles. The standard InChI is InChI=1S/C16H16FNO2.C15H16FN.C14H11FO.C9H7F3O4S.C7H6O3/c1-11(19)18-8-7-12-5-6-15(20)10-16(12)13-3-2-4-14(17)9-13;1-11-5-6-12(7-8-17)15(9-11)13-3-2-4-14(16)10-13;1-10-5-6-12(9-16)14(7-10)11-3-2-4-13(15)8-11;1-6-2-3-7(5-13)8(4-6)16-17(14,15)9(10,11)12;8-4-5-1-2-6(9)3-7(5)10/h2-6,9-10,20H,7-8H2,1H3,(H,18,19);2-6,9-10H,7-8,17H2,1H3;2-9H,1H3;2-5H,1H3;1-4,9-10H. The molecule has 12 nitrogen and oxygen atoms in total. The number of amides is 1. The van der Waals surface area contributed by atoms with E-state index in [4.69, 9.17) is 15.9 Å². The highest BCUT2D eigenvalue weighted by Gasteiger charge is 2.48. The Bertz CT molecular complexity index is 3540. The molecule has 0 spiro atoms. The molecule has 0 aliphatic heterocycles. The molecule has 8 rings (SSSR count). The number of aromatic hydroxyl groups is 3. The zero-order valence-electron chi connectivity index (χ0n) is 43.6. The molecule has 0 radical (unpaired) electrons. The smallest absolute Gasteiger partial charge is 0.508 e. The minimum Gasteiger partial charge on any atom is -0.508 e. The molecule has 418 valence electrons. The molecule has 1 amide bonds. The molecule has 0 unspecified atom stereocenters. The largest absolute Gasteiger partial charge is 0.534 e. The van der Waals surface area contributed by atoms with E-state index in [9.17, 15) is 59.0 Å². The van der Waals surface area contributed by atoms with Crippen molar-refractivity contribution in [2.45, 2.75) is 46.0 Å². The number of nitrogens with two attached hydrogens (primary N) is 1. The van der Waals surface area contributed by atoms with Crippen LogP contribution in [0.2, 0.25) is 0 Å². The Morgan fingerprint density at radius 2 is 0.975 bits per heavy atom. The predicted octanol–water partition coefficient (Wildman–Crippen LogP) is 12.7. The van der Waals surface area contributed by atoms with E-state index in [2.05, 4.69) is 27.7 Å². The first-order valence-corrected chi connectivity index (χ1v) is 25.5. The number of hydrogen-bond donors (Lipinski definition) is 5. The Kier molecular flexibility index (Phi) is 23.9. The monoisotopic (exact) mass is 1120 g/mol. The molecule has 0 bridgehead atoms. The summed E-state index contributed by atoms with van der Waals surface area (Å²) in [4.78, 5) is 42.4. The maximum Gasteiger partial charge on any atom is 0.534 e. The summed E-state index contributed by atoms with van der Waals surface area (Å²) in [7, 11) is -5.76. The van der Waals surface area contributed by atoms with Gasteiger partial charge in [0.25, 0.3) is 0 Å². The average Bonchev–Trinajstić information content (AvgIpc) is 3.45. The van der Waals surface area contributed by atoms with Crippen LogP contribution in [0, 0.1) is 38.2 Å². The van der Waals surface area contributed by atoms with E-state index in [1.807, 2.05) is 32.0 Å². The minimum absolute atomic E-state index is 0.0527. The molecule has 19 heteroatoms. The van der Waals surface area contributed by atoms with Crippen LogP contribution in [-0.4, -0.2) is 67.1 Å². The fourth-order valence-corrected chi connectivity index (χ4v) is 7.83. The Morgan fingerprint density at radius 3 is 1.46 bits per heavy atom. The molecule has 8 aromatic rings. The number of rotatable bonds is 13. The summed E-state index contributed by atoms with van der Waals surface area (Å²) in [6.07, 6.45) is 2.95. The number of carbonyl (C=O) groups is 4. The van der Waals surface area contributed by atoms with Gasteiger partial charge in [0.15, 0.2) is 24.6 Å². The lowest BCUT2D eigenvalue weighted by Gasteiger charge is -2.11. The van der Waals surface area contributed by atoms with Crippen molar-refractivity contribution < 1.29 is 73.4 Å². The lowest BCUT2D eigenvalue weighted by molar-refractivity contribution is -0.118. The maximum absolute atomic E-state index is 13.3. The molecule has 0 aliphatic rings. The van der Waals surface area contributed by atoms with Gasteiger partial charge in [-0.25, -0.2) is 13.2 Å². The van der Waals surface area contributed by atoms with Crippen LogP contribution in [0.1, 0.15) is 65.8 Å². The van der Waals surface area contributed by atoms with Crippen molar-refractivity contribution in [3.8, 4) is 56.4 Å². The van der Waals surface area contributed by atoms with E-state index in [0.717, 1.165) is 63.8 Å². The molecule has 0 aliphatic carbocycles. The van der Waals surface area contributed by atoms with Gasteiger partial charge in [0, 0.05) is 25.1 Å². The molecule has 0 aromatic heterocycles. The first kappa shape index (κ1) is 63.5. The number of aryl methyl sites for hydroxylation is 3. The van der Waals surface area contributed by atoms with E-state index >= 15 is 0 Å². The summed E-state index contributed by atoms with van der Waals surface area (Å²) in [6, 6.07) is 43.3. The summed E-state index contributed by atoms with van der Waals surface area (Å²) in [6.45, 7) is 8.06. The van der Waals surface area contributed by atoms with E-state index in [1.165, 1.54) is 79.6 Å². The van der Waals surface area contributed by atoms with Crippen molar-refractivity contribution in [3.05, 3.63) is 226 Å². The van der Waals surface area contributed by atoms with Gasteiger partial charge in [-0.3, -0.25) is 19.2 Å². The Labute approximate surface area is 458 Å². The highest BCUT2D eigenvalue weighted by Crippen LogP contribution is 2.31.